The predicted molar refractivity (Wildman–Crippen MR) is 120 cm³/mol. The Kier molecular flexibility index (Phi) is 5.20. The van der Waals surface area contributed by atoms with Crippen LogP contribution in [-0.2, 0) is 6.54 Å². The van der Waals surface area contributed by atoms with Gasteiger partial charge in [-0.3, -0.25) is 9.59 Å². The lowest BCUT2D eigenvalue weighted by Gasteiger charge is -2.11. The average molecular weight is 448 g/mol. The van der Waals surface area contributed by atoms with E-state index in [9.17, 15) is 14.0 Å². The quantitative estimate of drug-likeness (QED) is 0.453. The van der Waals surface area contributed by atoms with Gasteiger partial charge in [-0.2, -0.15) is 0 Å². The van der Waals surface area contributed by atoms with Gasteiger partial charge in [0.2, 0.25) is 6.79 Å². The number of nitrogens with one attached hydrogen (secondary N) is 2. The van der Waals surface area contributed by atoms with E-state index in [-0.39, 0.29) is 25.1 Å². The van der Waals surface area contributed by atoms with Crippen molar-refractivity contribution in [3.8, 4) is 11.5 Å². The molecule has 0 atom stereocenters. The van der Waals surface area contributed by atoms with Crippen molar-refractivity contribution in [3.63, 3.8) is 0 Å². The molecule has 3 aromatic carbocycles. The molecule has 2 amide bonds. The number of thiophene rings is 1. The normalized spacial score (nSPS) is 12.0. The van der Waals surface area contributed by atoms with Gasteiger partial charge in [-0.25, -0.2) is 4.39 Å². The van der Waals surface area contributed by atoms with Crippen molar-refractivity contribution >= 4 is 38.9 Å². The van der Waals surface area contributed by atoms with E-state index in [1.54, 1.807) is 42.5 Å². The number of carbonyl (C=O) groups is 2. The van der Waals surface area contributed by atoms with Crippen LogP contribution in [0, 0.1) is 5.82 Å². The number of benzene rings is 3. The zero-order valence-corrected chi connectivity index (χ0v) is 17.5. The Labute approximate surface area is 186 Å². The first-order valence-electron chi connectivity index (χ1n) is 9.83. The Bertz CT molecular complexity index is 1350. The van der Waals surface area contributed by atoms with E-state index in [1.165, 1.54) is 23.5 Å². The van der Waals surface area contributed by atoms with Crippen LogP contribution in [0.15, 0.2) is 66.7 Å². The van der Waals surface area contributed by atoms with Crippen LogP contribution in [0.1, 0.15) is 25.6 Å². The standard InChI is InChI=1S/C24H17FN2O4S/c25-17-5-3-7-21-16(17)11-22(32-21)24(29)27-18-6-2-1-4-15(18)23(28)26-12-14-8-9-19-20(10-14)31-13-30-19/h1-11H,12-13H2,(H,26,28)(H,27,29). The van der Waals surface area contributed by atoms with Gasteiger partial charge in [0, 0.05) is 16.6 Å². The minimum absolute atomic E-state index is 0.185. The lowest BCUT2D eigenvalue weighted by atomic mass is 10.1. The number of carbonyl (C=O) groups excluding carboxylic acids is 2. The van der Waals surface area contributed by atoms with Crippen LogP contribution < -0.4 is 20.1 Å². The van der Waals surface area contributed by atoms with Gasteiger partial charge in [0.05, 0.1) is 16.1 Å². The van der Waals surface area contributed by atoms with Crippen molar-refractivity contribution in [2.75, 3.05) is 12.1 Å². The molecule has 1 aromatic heterocycles. The lowest BCUT2D eigenvalue weighted by Crippen LogP contribution is -2.24. The minimum Gasteiger partial charge on any atom is -0.454 e. The summed E-state index contributed by atoms with van der Waals surface area (Å²) in [6, 6.07) is 18.5. The molecule has 160 valence electrons. The Hall–Kier alpha value is -3.91. The van der Waals surface area contributed by atoms with Crippen molar-refractivity contribution in [1.82, 2.24) is 5.32 Å². The van der Waals surface area contributed by atoms with Crippen LogP contribution in [0.3, 0.4) is 0 Å². The van der Waals surface area contributed by atoms with Crippen molar-refractivity contribution in [1.29, 1.82) is 0 Å². The lowest BCUT2D eigenvalue weighted by molar-refractivity contribution is 0.0951. The van der Waals surface area contributed by atoms with Crippen LogP contribution >= 0.6 is 11.3 Å². The predicted octanol–water partition coefficient (Wildman–Crippen LogP) is 4.95. The van der Waals surface area contributed by atoms with E-state index in [0.29, 0.717) is 37.7 Å². The first-order chi connectivity index (χ1) is 15.6. The number of hydrogen-bond acceptors (Lipinski definition) is 5. The SMILES string of the molecule is O=C(Nc1ccccc1C(=O)NCc1ccc2c(c1)OCO2)c1cc2c(F)cccc2s1. The molecule has 1 aliphatic heterocycles. The van der Waals surface area contributed by atoms with Gasteiger partial charge in [0.25, 0.3) is 11.8 Å². The van der Waals surface area contributed by atoms with Crippen LogP contribution in [0.2, 0.25) is 0 Å². The maximum Gasteiger partial charge on any atom is 0.265 e. The molecule has 2 N–H and O–H groups in total. The number of fused-ring (bicyclic) bond motifs is 2. The molecule has 0 aliphatic carbocycles. The molecule has 0 bridgehead atoms. The highest BCUT2D eigenvalue weighted by Gasteiger charge is 2.17. The molecule has 0 saturated heterocycles. The summed E-state index contributed by atoms with van der Waals surface area (Å²) in [5, 5.41) is 6.03. The molecule has 5 rings (SSSR count). The number of amides is 2. The van der Waals surface area contributed by atoms with E-state index >= 15 is 0 Å². The van der Waals surface area contributed by atoms with Gasteiger partial charge in [-0.1, -0.05) is 24.3 Å². The second-order valence-corrected chi connectivity index (χ2v) is 8.22. The van der Waals surface area contributed by atoms with Gasteiger partial charge in [-0.05, 0) is 48.0 Å². The first kappa shape index (κ1) is 20.0. The summed E-state index contributed by atoms with van der Waals surface area (Å²) in [6.07, 6.45) is 0. The van der Waals surface area contributed by atoms with Gasteiger partial charge < -0.3 is 20.1 Å². The summed E-state index contributed by atoms with van der Waals surface area (Å²) in [6.45, 7) is 0.470. The van der Waals surface area contributed by atoms with E-state index in [4.69, 9.17) is 9.47 Å². The van der Waals surface area contributed by atoms with Gasteiger partial charge in [-0.15, -0.1) is 11.3 Å². The molecule has 0 spiro atoms. The zero-order chi connectivity index (χ0) is 22.1. The van der Waals surface area contributed by atoms with E-state index in [0.717, 1.165) is 5.56 Å². The molecule has 0 radical (unpaired) electrons. The fourth-order valence-corrected chi connectivity index (χ4v) is 4.41. The number of rotatable bonds is 5. The minimum atomic E-state index is -0.401. The molecule has 0 saturated carbocycles. The van der Waals surface area contributed by atoms with Crippen molar-refractivity contribution in [3.05, 3.63) is 88.6 Å². The summed E-state index contributed by atoms with van der Waals surface area (Å²) in [5.41, 5.74) is 1.56. The monoisotopic (exact) mass is 448 g/mol. The van der Waals surface area contributed by atoms with Crippen LogP contribution in [0.5, 0.6) is 11.5 Å². The Morgan fingerprint density at radius 1 is 0.938 bits per heavy atom. The second-order valence-electron chi connectivity index (χ2n) is 7.13. The number of ether oxygens (including phenoxy) is 2. The fraction of sp³-hybridized carbons (Fsp3) is 0.0833. The maximum atomic E-state index is 14.0. The Morgan fingerprint density at radius 3 is 2.66 bits per heavy atom. The van der Waals surface area contributed by atoms with Crippen LogP contribution in [0.25, 0.3) is 10.1 Å². The molecule has 1 aliphatic rings. The molecule has 6 nitrogen and oxygen atoms in total. The zero-order valence-electron chi connectivity index (χ0n) is 16.7. The largest absolute Gasteiger partial charge is 0.454 e. The molecule has 0 unspecified atom stereocenters. The van der Waals surface area contributed by atoms with Crippen molar-refractivity contribution in [2.24, 2.45) is 0 Å². The summed E-state index contributed by atoms with van der Waals surface area (Å²) >= 11 is 1.20. The van der Waals surface area contributed by atoms with Gasteiger partial charge in [0.15, 0.2) is 11.5 Å². The average Bonchev–Trinajstić information content (AvgIpc) is 3.45. The summed E-state index contributed by atoms with van der Waals surface area (Å²) in [5.74, 6) is 0.210. The van der Waals surface area contributed by atoms with Gasteiger partial charge >= 0.3 is 0 Å². The molecule has 8 heteroatoms. The summed E-state index contributed by atoms with van der Waals surface area (Å²) < 4.78 is 25.3. The highest BCUT2D eigenvalue weighted by Crippen LogP contribution is 2.32. The molecule has 4 aromatic rings. The summed E-state index contributed by atoms with van der Waals surface area (Å²) in [4.78, 5) is 25.9. The Balaban J connectivity index is 1.31. The first-order valence-corrected chi connectivity index (χ1v) is 10.7. The third-order valence-electron chi connectivity index (χ3n) is 5.04. The van der Waals surface area contributed by atoms with Crippen LogP contribution in [-0.4, -0.2) is 18.6 Å². The van der Waals surface area contributed by atoms with Crippen LogP contribution in [0.4, 0.5) is 10.1 Å². The molecule has 32 heavy (non-hydrogen) atoms. The molecule has 2 heterocycles. The highest BCUT2D eigenvalue weighted by molar-refractivity contribution is 7.20. The topological polar surface area (TPSA) is 76.7 Å². The summed E-state index contributed by atoms with van der Waals surface area (Å²) in [7, 11) is 0. The van der Waals surface area contributed by atoms with Gasteiger partial charge in [0.1, 0.15) is 5.82 Å². The van der Waals surface area contributed by atoms with E-state index in [1.807, 2.05) is 12.1 Å². The number of halogens is 1. The van der Waals surface area contributed by atoms with E-state index in [2.05, 4.69) is 10.6 Å². The smallest absolute Gasteiger partial charge is 0.265 e. The maximum absolute atomic E-state index is 14.0. The van der Waals surface area contributed by atoms with E-state index < -0.39 is 5.91 Å². The molecular weight excluding hydrogens is 431 g/mol. The highest BCUT2D eigenvalue weighted by atomic mass is 32.1. The van der Waals surface area contributed by atoms with Crippen molar-refractivity contribution < 1.29 is 23.5 Å². The number of para-hydroxylation sites is 1. The molecular formula is C24H17FN2O4S. The van der Waals surface area contributed by atoms with Crippen molar-refractivity contribution in [2.45, 2.75) is 6.54 Å². The third kappa shape index (κ3) is 3.88. The third-order valence-corrected chi connectivity index (χ3v) is 6.14. The second kappa shape index (κ2) is 8.32. The number of hydrogen-bond donors (Lipinski definition) is 2. The fourth-order valence-electron chi connectivity index (χ4n) is 3.44. The Morgan fingerprint density at radius 2 is 1.78 bits per heavy atom. The molecule has 0 fully saturated rings. The number of anilines is 1.